The topological polar surface area (TPSA) is 129 Å². The van der Waals surface area contributed by atoms with Crippen molar-refractivity contribution in [1.82, 2.24) is 39.5 Å². The van der Waals surface area contributed by atoms with Gasteiger partial charge in [0.1, 0.15) is 22.7 Å². The van der Waals surface area contributed by atoms with E-state index in [9.17, 15) is 9.90 Å². The van der Waals surface area contributed by atoms with Crippen LogP contribution in [0.25, 0.3) is 33.3 Å². The normalized spacial score (nSPS) is 14.1. The number of rotatable bonds is 5. The summed E-state index contributed by atoms with van der Waals surface area (Å²) in [6.45, 7) is 3.41. The quantitative estimate of drug-likeness (QED) is 0.283. The van der Waals surface area contributed by atoms with E-state index >= 15 is 0 Å². The van der Waals surface area contributed by atoms with Crippen LogP contribution in [0.3, 0.4) is 0 Å². The minimum Gasteiger partial charge on any atom is -0.373 e. The van der Waals surface area contributed by atoms with Gasteiger partial charge in [-0.15, -0.1) is 10.2 Å². The van der Waals surface area contributed by atoms with Gasteiger partial charge in [-0.05, 0) is 42.3 Å². The number of nitrogens with zero attached hydrogens (tertiary/aromatic N) is 8. The molecule has 1 aliphatic heterocycles. The Labute approximate surface area is 204 Å². The van der Waals surface area contributed by atoms with Crippen LogP contribution in [-0.2, 0) is 26.6 Å². The van der Waals surface area contributed by atoms with E-state index in [-0.39, 0.29) is 23.0 Å². The van der Waals surface area contributed by atoms with Crippen LogP contribution in [0.15, 0.2) is 35.3 Å². The standard InChI is InChI=1S/C23H22ClN9O2/c1-12-8-13(19-14(9-12)23(35)32-6-3-7-33-22(32)15(19)11-25-33)10-18(34)26-16-4-5-17(24)27-20(16)21-28-30-31(2)29-21/h4-5,8-9,11,18,26,34H,3,6-7,10H2,1-2H3/t18-/m0/s1. The predicted molar refractivity (Wildman–Crippen MR) is 131 cm³/mol. The molecule has 4 aromatic heterocycles. The second kappa shape index (κ2) is 8.14. The zero-order valence-corrected chi connectivity index (χ0v) is 19.9. The summed E-state index contributed by atoms with van der Waals surface area (Å²) < 4.78 is 3.70. The first-order valence-electron chi connectivity index (χ1n) is 11.3. The van der Waals surface area contributed by atoms with Gasteiger partial charge in [-0.3, -0.25) is 9.36 Å². The highest BCUT2D eigenvalue weighted by molar-refractivity contribution is 6.29. The molecule has 178 valence electrons. The van der Waals surface area contributed by atoms with Crippen LogP contribution in [0.2, 0.25) is 5.15 Å². The molecule has 2 N–H and O–H groups in total. The van der Waals surface area contributed by atoms with Crippen molar-refractivity contribution < 1.29 is 5.11 Å². The van der Waals surface area contributed by atoms with E-state index in [0.717, 1.165) is 40.5 Å². The van der Waals surface area contributed by atoms with Gasteiger partial charge >= 0.3 is 0 Å². The summed E-state index contributed by atoms with van der Waals surface area (Å²) in [6, 6.07) is 7.25. The first-order valence-corrected chi connectivity index (χ1v) is 11.6. The van der Waals surface area contributed by atoms with Crippen LogP contribution in [0.5, 0.6) is 0 Å². The minimum absolute atomic E-state index is 0.0285. The molecule has 0 saturated heterocycles. The second-order valence-corrected chi connectivity index (χ2v) is 9.15. The molecule has 1 aliphatic rings. The van der Waals surface area contributed by atoms with Crippen molar-refractivity contribution in [1.29, 1.82) is 0 Å². The molecular formula is C23H22ClN9O2. The number of nitrogens with one attached hydrogen (secondary N) is 1. The fourth-order valence-corrected chi connectivity index (χ4v) is 5.03. The predicted octanol–water partition coefficient (Wildman–Crippen LogP) is 2.28. The number of aryl methyl sites for hydroxylation is 4. The van der Waals surface area contributed by atoms with Gasteiger partial charge < -0.3 is 10.4 Å². The first-order chi connectivity index (χ1) is 16.9. The summed E-state index contributed by atoms with van der Waals surface area (Å²) in [4.78, 5) is 19.0. The van der Waals surface area contributed by atoms with Crippen LogP contribution in [0.1, 0.15) is 17.5 Å². The number of aliphatic hydroxyl groups is 1. The molecule has 11 nitrogen and oxygen atoms in total. The maximum Gasteiger partial charge on any atom is 0.260 e. The highest BCUT2D eigenvalue weighted by atomic mass is 35.5. The summed E-state index contributed by atoms with van der Waals surface area (Å²) in [5.41, 5.74) is 3.51. The average Bonchev–Trinajstić information content (AvgIpc) is 3.45. The second-order valence-electron chi connectivity index (χ2n) is 8.76. The molecular weight excluding hydrogens is 470 g/mol. The third kappa shape index (κ3) is 3.63. The van der Waals surface area contributed by atoms with E-state index in [0.29, 0.717) is 23.3 Å². The maximum atomic E-state index is 13.4. The van der Waals surface area contributed by atoms with Gasteiger partial charge in [0.15, 0.2) is 0 Å². The number of tetrazole rings is 1. The van der Waals surface area contributed by atoms with E-state index in [1.54, 1.807) is 19.2 Å². The number of halogens is 1. The monoisotopic (exact) mass is 491 g/mol. The average molecular weight is 492 g/mol. The fraction of sp³-hybridized carbons (Fsp3) is 0.304. The van der Waals surface area contributed by atoms with Gasteiger partial charge in [0, 0.05) is 35.7 Å². The van der Waals surface area contributed by atoms with Crippen molar-refractivity contribution >= 4 is 39.1 Å². The van der Waals surface area contributed by atoms with Crippen molar-refractivity contribution in [2.45, 2.75) is 39.1 Å². The zero-order valence-electron chi connectivity index (χ0n) is 19.1. The summed E-state index contributed by atoms with van der Waals surface area (Å²) in [5, 5.41) is 33.4. The Bertz CT molecular complexity index is 1670. The summed E-state index contributed by atoms with van der Waals surface area (Å²) >= 11 is 6.10. The summed E-state index contributed by atoms with van der Waals surface area (Å²) in [7, 11) is 1.65. The van der Waals surface area contributed by atoms with Crippen molar-refractivity contribution in [2.75, 3.05) is 5.32 Å². The minimum atomic E-state index is -0.987. The Balaban J connectivity index is 1.42. The molecule has 5 heterocycles. The van der Waals surface area contributed by atoms with Crippen molar-refractivity contribution in [3.63, 3.8) is 0 Å². The SMILES string of the molecule is Cc1cc(C[C@H](O)Nc2ccc(Cl)nc2-c2nnn(C)n2)c2c(c1)c(=O)n1c3c2cnn3CCC1. The van der Waals surface area contributed by atoms with Crippen LogP contribution >= 0.6 is 11.6 Å². The molecule has 12 heteroatoms. The maximum absolute atomic E-state index is 13.4. The highest BCUT2D eigenvalue weighted by Gasteiger charge is 2.22. The Hall–Kier alpha value is -3.83. The van der Waals surface area contributed by atoms with E-state index < -0.39 is 6.23 Å². The van der Waals surface area contributed by atoms with E-state index in [1.165, 1.54) is 4.80 Å². The molecule has 5 aromatic rings. The number of hydrogen-bond donors (Lipinski definition) is 2. The highest BCUT2D eigenvalue weighted by Crippen LogP contribution is 2.31. The van der Waals surface area contributed by atoms with E-state index in [2.05, 4.69) is 30.8 Å². The number of benzene rings is 1. The molecule has 1 atom stereocenters. The van der Waals surface area contributed by atoms with Gasteiger partial charge in [0.05, 0.1) is 18.9 Å². The smallest absolute Gasteiger partial charge is 0.260 e. The number of aliphatic hydroxyl groups excluding tert-OH is 1. The molecule has 6 rings (SSSR count). The fourth-order valence-electron chi connectivity index (χ4n) is 4.88. The molecule has 0 amide bonds. The number of fused-ring (bicyclic) bond motifs is 2. The zero-order chi connectivity index (χ0) is 24.3. The van der Waals surface area contributed by atoms with Crippen molar-refractivity contribution in [3.05, 3.63) is 57.1 Å². The molecule has 0 bridgehead atoms. The van der Waals surface area contributed by atoms with Gasteiger partial charge in [-0.25, -0.2) is 9.67 Å². The number of aromatic nitrogens is 8. The third-order valence-electron chi connectivity index (χ3n) is 6.24. The van der Waals surface area contributed by atoms with Crippen LogP contribution in [0, 0.1) is 6.92 Å². The van der Waals surface area contributed by atoms with E-state index in [1.807, 2.05) is 34.5 Å². The lowest BCUT2D eigenvalue weighted by Crippen LogP contribution is -2.27. The molecule has 0 unspecified atom stereocenters. The number of anilines is 1. The van der Waals surface area contributed by atoms with Crippen molar-refractivity contribution in [2.24, 2.45) is 7.05 Å². The Morgan fingerprint density at radius 1 is 1.23 bits per heavy atom. The largest absolute Gasteiger partial charge is 0.373 e. The summed E-state index contributed by atoms with van der Waals surface area (Å²) in [6.07, 6.45) is 1.95. The van der Waals surface area contributed by atoms with E-state index in [4.69, 9.17) is 11.6 Å². The number of hydrogen-bond acceptors (Lipinski definition) is 8. The Morgan fingerprint density at radius 3 is 2.89 bits per heavy atom. The Morgan fingerprint density at radius 2 is 2.09 bits per heavy atom. The first kappa shape index (κ1) is 21.7. The van der Waals surface area contributed by atoms with Crippen LogP contribution < -0.4 is 10.9 Å². The van der Waals surface area contributed by atoms with Gasteiger partial charge in [0.25, 0.3) is 5.56 Å². The molecule has 35 heavy (non-hydrogen) atoms. The van der Waals surface area contributed by atoms with Gasteiger partial charge in [-0.2, -0.15) is 9.90 Å². The number of pyridine rings is 2. The lowest BCUT2D eigenvalue weighted by molar-refractivity contribution is 0.204. The lowest BCUT2D eigenvalue weighted by atomic mass is 9.97. The molecule has 0 radical (unpaired) electrons. The third-order valence-corrected chi connectivity index (χ3v) is 6.46. The van der Waals surface area contributed by atoms with Crippen LogP contribution in [0.4, 0.5) is 5.69 Å². The van der Waals surface area contributed by atoms with Gasteiger partial charge in [0.2, 0.25) is 5.82 Å². The molecule has 0 aliphatic carbocycles. The molecule has 0 fully saturated rings. The molecule has 0 spiro atoms. The van der Waals surface area contributed by atoms with Crippen LogP contribution in [-0.4, -0.2) is 50.9 Å². The van der Waals surface area contributed by atoms with Gasteiger partial charge in [-0.1, -0.05) is 23.2 Å². The summed E-state index contributed by atoms with van der Waals surface area (Å²) in [5.74, 6) is 0.287. The Kier molecular flexibility index (Phi) is 5.04. The lowest BCUT2D eigenvalue weighted by Gasteiger charge is -2.20. The molecule has 0 saturated carbocycles. The molecule has 1 aromatic carbocycles. The van der Waals surface area contributed by atoms with Crippen molar-refractivity contribution in [3.8, 4) is 11.5 Å².